The number of piperazine rings is 1. The molecule has 10 heteroatoms. The number of nitrogens with one attached hydrogen (secondary N) is 1. The van der Waals surface area contributed by atoms with Gasteiger partial charge in [0.1, 0.15) is 11.6 Å². The number of thiazole rings is 1. The molecule has 1 amide bonds. The summed E-state index contributed by atoms with van der Waals surface area (Å²) in [5.74, 6) is -0.569. The summed E-state index contributed by atoms with van der Waals surface area (Å²) in [5.41, 5.74) is 1.27. The average Bonchev–Trinajstić information content (AvgIpc) is 3.19. The van der Waals surface area contributed by atoms with Crippen LogP contribution >= 0.6 is 11.3 Å². The second kappa shape index (κ2) is 9.18. The molecule has 0 atom stereocenters. The minimum Gasteiger partial charge on any atom is -0.304 e. The number of nitrogens with zero attached hydrogens (tertiary/aromatic N) is 4. The molecular formula is C22H21N5O3S2. The van der Waals surface area contributed by atoms with Crippen molar-refractivity contribution < 1.29 is 13.2 Å². The summed E-state index contributed by atoms with van der Waals surface area (Å²) < 4.78 is 28.1. The molecule has 1 aliphatic rings. The van der Waals surface area contributed by atoms with Crippen molar-refractivity contribution in [3.8, 4) is 6.07 Å². The Morgan fingerprint density at radius 2 is 1.88 bits per heavy atom. The van der Waals surface area contributed by atoms with E-state index in [-0.39, 0.29) is 10.5 Å². The summed E-state index contributed by atoms with van der Waals surface area (Å²) >= 11 is 1.17. The predicted molar refractivity (Wildman–Crippen MR) is 125 cm³/mol. The third-order valence-corrected chi connectivity index (χ3v) is 7.98. The van der Waals surface area contributed by atoms with Gasteiger partial charge in [0.25, 0.3) is 5.91 Å². The first-order valence-electron chi connectivity index (χ1n) is 9.94. The van der Waals surface area contributed by atoms with Gasteiger partial charge in [-0.25, -0.2) is 13.4 Å². The molecule has 0 bridgehead atoms. The molecular weight excluding hydrogens is 446 g/mol. The number of anilines is 1. The Bertz CT molecular complexity index is 1320. The van der Waals surface area contributed by atoms with Crippen LogP contribution in [0.5, 0.6) is 0 Å². The summed E-state index contributed by atoms with van der Waals surface area (Å²) in [4.78, 5) is 19.2. The first-order valence-corrected chi connectivity index (χ1v) is 12.2. The lowest BCUT2D eigenvalue weighted by Gasteiger charge is -2.31. The first kappa shape index (κ1) is 22.1. The van der Waals surface area contributed by atoms with Crippen LogP contribution in [0.15, 0.2) is 59.0 Å². The number of nitriles is 1. The lowest BCUT2D eigenvalue weighted by molar-refractivity contribution is -0.112. The van der Waals surface area contributed by atoms with Gasteiger partial charge in [-0.1, -0.05) is 41.7 Å². The number of fused-ring (bicyclic) bond motifs is 1. The normalized spacial score (nSPS) is 16.1. The number of likely N-dealkylation sites (N-methyl/N-ethyl adjacent to an activating group) is 1. The van der Waals surface area contributed by atoms with Crippen LogP contribution < -0.4 is 5.32 Å². The number of hydrogen-bond donors (Lipinski definition) is 1. The van der Waals surface area contributed by atoms with Gasteiger partial charge < -0.3 is 4.90 Å². The molecule has 164 valence electrons. The van der Waals surface area contributed by atoms with Crippen molar-refractivity contribution in [3.63, 3.8) is 0 Å². The SMILES string of the molecule is CN1CCN(S(=O)(=O)c2ccc3nc(NC(=O)/C(C#N)=C/c4ccccc4)sc3c2)CC1. The van der Waals surface area contributed by atoms with E-state index in [9.17, 15) is 18.5 Å². The molecule has 8 nitrogen and oxygen atoms in total. The monoisotopic (exact) mass is 467 g/mol. The third kappa shape index (κ3) is 4.71. The molecule has 0 aliphatic carbocycles. The van der Waals surface area contributed by atoms with Crippen molar-refractivity contribution in [1.82, 2.24) is 14.2 Å². The zero-order valence-corrected chi connectivity index (χ0v) is 19.0. The lowest BCUT2D eigenvalue weighted by atomic mass is 10.1. The largest absolute Gasteiger partial charge is 0.304 e. The van der Waals surface area contributed by atoms with Crippen LogP contribution in [0.3, 0.4) is 0 Å². The summed E-state index contributed by atoms with van der Waals surface area (Å²) in [6.07, 6.45) is 1.50. The average molecular weight is 468 g/mol. The molecule has 2 heterocycles. The summed E-state index contributed by atoms with van der Waals surface area (Å²) in [7, 11) is -1.63. The van der Waals surface area contributed by atoms with Gasteiger partial charge in [-0.3, -0.25) is 10.1 Å². The summed E-state index contributed by atoms with van der Waals surface area (Å²) in [6.45, 7) is 2.28. The Kier molecular flexibility index (Phi) is 6.34. The highest BCUT2D eigenvalue weighted by Gasteiger charge is 2.28. The molecule has 1 saturated heterocycles. The van der Waals surface area contributed by atoms with Crippen LogP contribution in [0.1, 0.15) is 5.56 Å². The quantitative estimate of drug-likeness (QED) is 0.457. The smallest absolute Gasteiger partial charge is 0.268 e. The minimum atomic E-state index is -3.60. The standard InChI is InChI=1S/C22H21N5O3S2/c1-26-9-11-27(12-10-26)32(29,30)18-7-8-19-20(14-18)31-22(24-19)25-21(28)17(15-23)13-16-5-3-2-4-6-16/h2-8,13-14H,9-12H2,1H3,(H,24,25,28)/b17-13+. The molecule has 1 N–H and O–H groups in total. The second-order valence-corrected chi connectivity index (χ2v) is 10.4. The van der Waals surface area contributed by atoms with E-state index in [2.05, 4.69) is 15.2 Å². The number of hydrogen-bond acceptors (Lipinski definition) is 7. The van der Waals surface area contributed by atoms with Crippen molar-refractivity contribution >= 4 is 48.7 Å². The van der Waals surface area contributed by atoms with Crippen molar-refractivity contribution in [2.45, 2.75) is 4.90 Å². The van der Waals surface area contributed by atoms with E-state index in [0.29, 0.717) is 41.5 Å². The van der Waals surface area contributed by atoms with Crippen LogP contribution in [0.4, 0.5) is 5.13 Å². The molecule has 0 radical (unpaired) electrons. The zero-order chi connectivity index (χ0) is 22.7. The molecule has 3 aromatic rings. The molecule has 32 heavy (non-hydrogen) atoms. The maximum absolute atomic E-state index is 13.0. The number of benzene rings is 2. The highest BCUT2D eigenvalue weighted by molar-refractivity contribution is 7.89. The van der Waals surface area contributed by atoms with Crippen molar-refractivity contribution in [2.24, 2.45) is 0 Å². The highest BCUT2D eigenvalue weighted by atomic mass is 32.2. The van der Waals surface area contributed by atoms with E-state index in [0.717, 1.165) is 5.56 Å². The molecule has 0 unspecified atom stereocenters. The van der Waals surface area contributed by atoms with Crippen LogP contribution in [-0.4, -0.2) is 61.7 Å². The van der Waals surface area contributed by atoms with Crippen LogP contribution in [0.2, 0.25) is 0 Å². The van der Waals surface area contributed by atoms with Gasteiger partial charge in [0.15, 0.2) is 5.13 Å². The summed E-state index contributed by atoms with van der Waals surface area (Å²) in [6, 6.07) is 15.8. The van der Waals surface area contributed by atoms with Crippen LogP contribution in [-0.2, 0) is 14.8 Å². The molecule has 0 saturated carbocycles. The number of sulfonamides is 1. The first-order chi connectivity index (χ1) is 15.4. The molecule has 1 aliphatic heterocycles. The Hall–Kier alpha value is -3.10. The van der Waals surface area contributed by atoms with Crippen LogP contribution in [0.25, 0.3) is 16.3 Å². The highest BCUT2D eigenvalue weighted by Crippen LogP contribution is 2.29. The van der Waals surface area contributed by atoms with Gasteiger partial charge in [-0.05, 0) is 36.9 Å². The molecule has 1 aromatic heterocycles. The Morgan fingerprint density at radius 3 is 2.56 bits per heavy atom. The number of rotatable bonds is 5. The van der Waals surface area contributed by atoms with Gasteiger partial charge >= 0.3 is 0 Å². The van der Waals surface area contributed by atoms with E-state index in [4.69, 9.17) is 0 Å². The van der Waals surface area contributed by atoms with Crippen LogP contribution in [0, 0.1) is 11.3 Å². The van der Waals surface area contributed by atoms with Gasteiger partial charge in [0.05, 0.1) is 15.1 Å². The Morgan fingerprint density at radius 1 is 1.16 bits per heavy atom. The number of carbonyl (C=O) groups excluding carboxylic acids is 1. The fourth-order valence-corrected chi connectivity index (χ4v) is 5.75. The number of carbonyl (C=O) groups is 1. The Labute approximate surface area is 190 Å². The van der Waals surface area contributed by atoms with Crippen molar-refractivity contribution in [1.29, 1.82) is 5.26 Å². The van der Waals surface area contributed by atoms with E-state index in [1.54, 1.807) is 24.3 Å². The topological polar surface area (TPSA) is 106 Å². The van der Waals surface area contributed by atoms with Gasteiger partial charge in [-0.15, -0.1) is 0 Å². The van der Waals surface area contributed by atoms with Crippen molar-refractivity contribution in [3.05, 3.63) is 59.7 Å². The lowest BCUT2D eigenvalue weighted by Crippen LogP contribution is -2.46. The van der Waals surface area contributed by atoms with Gasteiger partial charge in [0, 0.05) is 26.2 Å². The molecule has 4 rings (SSSR count). The van der Waals surface area contributed by atoms with E-state index in [1.165, 1.54) is 27.8 Å². The fourth-order valence-electron chi connectivity index (χ4n) is 3.33. The number of aromatic nitrogens is 1. The minimum absolute atomic E-state index is 0.0474. The zero-order valence-electron chi connectivity index (χ0n) is 17.4. The van der Waals surface area contributed by atoms with E-state index < -0.39 is 15.9 Å². The fraction of sp³-hybridized carbons (Fsp3) is 0.227. The molecule has 1 fully saturated rings. The maximum atomic E-state index is 13.0. The third-order valence-electron chi connectivity index (χ3n) is 5.16. The van der Waals surface area contributed by atoms with Crippen molar-refractivity contribution in [2.75, 3.05) is 38.5 Å². The maximum Gasteiger partial charge on any atom is 0.268 e. The van der Waals surface area contributed by atoms with Gasteiger partial charge in [0.2, 0.25) is 10.0 Å². The molecule has 0 spiro atoms. The van der Waals surface area contributed by atoms with E-state index in [1.807, 2.05) is 31.3 Å². The second-order valence-electron chi connectivity index (χ2n) is 7.39. The predicted octanol–water partition coefficient (Wildman–Crippen LogP) is 2.78. The number of amides is 1. The van der Waals surface area contributed by atoms with E-state index >= 15 is 0 Å². The van der Waals surface area contributed by atoms with Gasteiger partial charge in [-0.2, -0.15) is 9.57 Å². The Balaban J connectivity index is 1.55. The molecule has 2 aromatic carbocycles. The summed E-state index contributed by atoms with van der Waals surface area (Å²) in [5, 5.41) is 12.3.